The zero-order chi connectivity index (χ0) is 13.0. The van der Waals surface area contributed by atoms with Gasteiger partial charge >= 0.3 is 0 Å². The number of nitrogens with zero attached hydrogens (tertiary/aromatic N) is 3. The predicted octanol–water partition coefficient (Wildman–Crippen LogP) is -0.00240. The maximum atomic E-state index is 11.3. The van der Waals surface area contributed by atoms with Crippen LogP contribution in [0.15, 0.2) is 30.6 Å². The minimum Gasteiger partial charge on any atom is -0.484 e. The Bertz CT molecular complexity index is 552. The molecule has 2 aromatic heterocycles. The number of rotatable bonds is 4. The number of aromatic nitrogens is 3. The third-order valence-corrected chi connectivity index (χ3v) is 2.24. The van der Waals surface area contributed by atoms with Crippen LogP contribution in [0.5, 0.6) is 5.75 Å². The Morgan fingerprint density at radius 1 is 1.56 bits per heavy atom. The highest BCUT2D eigenvalue weighted by Gasteiger charge is 2.06. The van der Waals surface area contributed by atoms with Gasteiger partial charge in [0.25, 0.3) is 5.91 Å². The van der Waals surface area contributed by atoms with E-state index in [1.807, 2.05) is 5.43 Å². The maximum absolute atomic E-state index is 11.3. The van der Waals surface area contributed by atoms with E-state index in [-0.39, 0.29) is 12.3 Å². The molecule has 2 rings (SSSR count). The van der Waals surface area contributed by atoms with Crippen molar-refractivity contribution >= 4 is 5.91 Å². The van der Waals surface area contributed by atoms with E-state index in [0.29, 0.717) is 11.4 Å². The summed E-state index contributed by atoms with van der Waals surface area (Å²) in [5.74, 6) is 5.25. The van der Waals surface area contributed by atoms with Crippen LogP contribution < -0.4 is 16.0 Å². The summed E-state index contributed by atoms with van der Waals surface area (Å²) in [5, 5.41) is 3.98. The van der Waals surface area contributed by atoms with Gasteiger partial charge < -0.3 is 4.74 Å². The van der Waals surface area contributed by atoms with Gasteiger partial charge in [-0.15, -0.1) is 0 Å². The van der Waals surface area contributed by atoms with Gasteiger partial charge in [0.15, 0.2) is 5.75 Å². The van der Waals surface area contributed by atoms with Crippen LogP contribution in [0.1, 0.15) is 16.2 Å². The Morgan fingerprint density at radius 2 is 2.39 bits per heavy atom. The van der Waals surface area contributed by atoms with Gasteiger partial charge in [0.05, 0.1) is 18.1 Å². The average molecular weight is 247 g/mol. The van der Waals surface area contributed by atoms with Gasteiger partial charge in [0.2, 0.25) is 0 Å². The van der Waals surface area contributed by atoms with Crippen LogP contribution in [0.2, 0.25) is 0 Å². The quantitative estimate of drug-likeness (QED) is 0.450. The lowest BCUT2D eigenvalue weighted by Crippen LogP contribution is -2.30. The fourth-order valence-electron chi connectivity index (χ4n) is 1.39. The fraction of sp³-hybridized carbons (Fsp3) is 0.182. The Hall–Kier alpha value is -2.41. The van der Waals surface area contributed by atoms with Crippen LogP contribution in [0, 0.1) is 0 Å². The number of carbonyl (C=O) groups excluding carboxylic acids is 1. The number of nitrogens with one attached hydrogen (secondary N) is 1. The van der Waals surface area contributed by atoms with E-state index in [2.05, 4.69) is 10.1 Å². The normalized spacial score (nSPS) is 10.1. The number of hydrogen-bond donors (Lipinski definition) is 2. The molecule has 2 heterocycles. The molecule has 7 heteroatoms. The summed E-state index contributed by atoms with van der Waals surface area (Å²) in [6.07, 6.45) is 3.35. The van der Waals surface area contributed by atoms with Gasteiger partial charge in [-0.25, -0.2) is 10.8 Å². The van der Waals surface area contributed by atoms with Crippen LogP contribution in [0.25, 0.3) is 0 Å². The number of aryl methyl sites for hydroxylation is 1. The molecule has 0 unspecified atom stereocenters. The van der Waals surface area contributed by atoms with Crippen LogP contribution in [-0.4, -0.2) is 20.7 Å². The molecule has 0 radical (unpaired) electrons. The summed E-state index contributed by atoms with van der Waals surface area (Å²) >= 11 is 0. The lowest BCUT2D eigenvalue weighted by molar-refractivity contribution is 0.0948. The molecule has 3 N–H and O–H groups in total. The molecule has 0 spiro atoms. The van der Waals surface area contributed by atoms with Crippen molar-refractivity contribution in [3.63, 3.8) is 0 Å². The van der Waals surface area contributed by atoms with E-state index >= 15 is 0 Å². The zero-order valence-electron chi connectivity index (χ0n) is 9.83. The summed E-state index contributed by atoms with van der Waals surface area (Å²) in [5.41, 5.74) is 2.92. The third-order valence-electron chi connectivity index (χ3n) is 2.24. The third kappa shape index (κ3) is 2.83. The lowest BCUT2D eigenvalue weighted by Gasteiger charge is -2.04. The molecule has 0 aliphatic carbocycles. The van der Waals surface area contributed by atoms with Gasteiger partial charge in [-0.2, -0.15) is 5.10 Å². The molecular weight excluding hydrogens is 234 g/mol. The van der Waals surface area contributed by atoms with Crippen molar-refractivity contribution in [1.29, 1.82) is 0 Å². The molecule has 2 aromatic rings. The first-order chi connectivity index (χ1) is 8.69. The molecule has 0 aliphatic heterocycles. The monoisotopic (exact) mass is 247 g/mol. The second kappa shape index (κ2) is 5.28. The van der Waals surface area contributed by atoms with Crippen molar-refractivity contribution < 1.29 is 9.53 Å². The van der Waals surface area contributed by atoms with E-state index in [4.69, 9.17) is 10.6 Å². The predicted molar refractivity (Wildman–Crippen MR) is 63.4 cm³/mol. The van der Waals surface area contributed by atoms with Crippen molar-refractivity contribution in [2.24, 2.45) is 12.9 Å². The average Bonchev–Trinajstić information content (AvgIpc) is 2.81. The molecule has 0 atom stereocenters. The molecule has 0 aliphatic rings. The Kier molecular flexibility index (Phi) is 3.54. The maximum Gasteiger partial charge on any atom is 0.283 e. The highest BCUT2D eigenvalue weighted by Crippen LogP contribution is 2.09. The molecule has 94 valence electrons. The molecular formula is C11H13N5O2. The Morgan fingerprint density at radius 3 is 3.06 bits per heavy atom. The SMILES string of the molecule is Cn1cc(OCc2cccc(C(=O)NN)n2)cn1. The first kappa shape index (κ1) is 12.1. The minimum atomic E-state index is -0.432. The standard InChI is InChI=1S/C11H13N5O2/c1-16-6-9(5-13-16)18-7-8-3-2-4-10(14-8)11(17)15-12/h2-6H,7,12H2,1H3,(H,15,17). The number of hydrazine groups is 1. The second-order valence-electron chi connectivity index (χ2n) is 3.63. The van der Waals surface area contributed by atoms with Crippen LogP contribution in [0.4, 0.5) is 0 Å². The molecule has 18 heavy (non-hydrogen) atoms. The largest absolute Gasteiger partial charge is 0.484 e. The first-order valence-electron chi connectivity index (χ1n) is 5.27. The number of ether oxygens (including phenoxy) is 1. The highest BCUT2D eigenvalue weighted by atomic mass is 16.5. The number of carbonyl (C=O) groups is 1. The fourth-order valence-corrected chi connectivity index (χ4v) is 1.39. The van der Waals surface area contributed by atoms with E-state index in [0.717, 1.165) is 0 Å². The molecule has 0 saturated heterocycles. The number of nitrogen functional groups attached to an aromatic ring is 1. The van der Waals surface area contributed by atoms with Crippen molar-refractivity contribution in [2.75, 3.05) is 0 Å². The molecule has 0 fully saturated rings. The molecule has 0 bridgehead atoms. The molecule has 0 saturated carbocycles. The smallest absolute Gasteiger partial charge is 0.283 e. The van der Waals surface area contributed by atoms with Gasteiger partial charge in [0, 0.05) is 7.05 Å². The van der Waals surface area contributed by atoms with E-state index in [1.54, 1.807) is 42.3 Å². The topological polar surface area (TPSA) is 95.1 Å². The molecule has 7 nitrogen and oxygen atoms in total. The van der Waals surface area contributed by atoms with Gasteiger partial charge in [0.1, 0.15) is 12.3 Å². The van der Waals surface area contributed by atoms with E-state index in [1.165, 1.54) is 0 Å². The Balaban J connectivity index is 2.03. The Labute approximate surface area is 104 Å². The number of pyridine rings is 1. The van der Waals surface area contributed by atoms with Gasteiger partial charge in [-0.05, 0) is 12.1 Å². The van der Waals surface area contributed by atoms with Crippen LogP contribution in [-0.2, 0) is 13.7 Å². The van der Waals surface area contributed by atoms with E-state index < -0.39 is 5.91 Å². The number of nitrogens with two attached hydrogens (primary N) is 1. The zero-order valence-corrected chi connectivity index (χ0v) is 9.83. The summed E-state index contributed by atoms with van der Waals surface area (Å²) in [6.45, 7) is 0.261. The van der Waals surface area contributed by atoms with Crippen molar-refractivity contribution in [3.8, 4) is 5.75 Å². The van der Waals surface area contributed by atoms with Crippen LogP contribution in [0.3, 0.4) is 0 Å². The summed E-state index contributed by atoms with van der Waals surface area (Å²) in [7, 11) is 1.80. The summed E-state index contributed by atoms with van der Waals surface area (Å²) in [6, 6.07) is 5.07. The summed E-state index contributed by atoms with van der Waals surface area (Å²) in [4.78, 5) is 15.4. The number of amides is 1. The van der Waals surface area contributed by atoms with Gasteiger partial charge in [-0.1, -0.05) is 6.07 Å². The van der Waals surface area contributed by atoms with Crippen LogP contribution >= 0.6 is 0 Å². The minimum absolute atomic E-state index is 0.254. The van der Waals surface area contributed by atoms with Crippen molar-refractivity contribution in [1.82, 2.24) is 20.2 Å². The molecule has 1 amide bonds. The van der Waals surface area contributed by atoms with Gasteiger partial charge in [-0.3, -0.25) is 14.9 Å². The highest BCUT2D eigenvalue weighted by molar-refractivity contribution is 5.91. The second-order valence-corrected chi connectivity index (χ2v) is 3.63. The van der Waals surface area contributed by atoms with E-state index in [9.17, 15) is 4.79 Å². The van der Waals surface area contributed by atoms with Crippen molar-refractivity contribution in [3.05, 3.63) is 42.0 Å². The molecule has 0 aromatic carbocycles. The number of hydrogen-bond acceptors (Lipinski definition) is 5. The summed E-state index contributed by atoms with van der Waals surface area (Å²) < 4.78 is 7.11. The van der Waals surface area contributed by atoms with Crippen molar-refractivity contribution in [2.45, 2.75) is 6.61 Å². The lowest BCUT2D eigenvalue weighted by atomic mass is 10.3. The first-order valence-corrected chi connectivity index (χ1v) is 5.27.